The number of carbonyl (C=O) groups excluding carboxylic acids is 1. The fraction of sp³-hybridized carbons (Fsp3) is 0.136. The highest BCUT2D eigenvalue weighted by molar-refractivity contribution is 5.95. The van der Waals surface area contributed by atoms with E-state index in [0.717, 1.165) is 11.1 Å². The summed E-state index contributed by atoms with van der Waals surface area (Å²) in [5.74, 6) is -0.567. The minimum Gasteiger partial charge on any atom is -0.344 e. The van der Waals surface area contributed by atoms with Crippen LogP contribution in [0.25, 0.3) is 5.82 Å². The molecule has 6 nitrogen and oxygen atoms in total. The Kier molecular flexibility index (Phi) is 5.38. The van der Waals surface area contributed by atoms with Crippen molar-refractivity contribution in [1.29, 1.82) is 0 Å². The first-order valence-electron chi connectivity index (χ1n) is 9.39. The number of halogens is 2. The average molecular weight is 407 g/mol. The number of aromatic nitrogens is 4. The van der Waals surface area contributed by atoms with Gasteiger partial charge in [-0.15, -0.1) is 5.10 Å². The van der Waals surface area contributed by atoms with Gasteiger partial charge in [0.1, 0.15) is 11.6 Å². The van der Waals surface area contributed by atoms with Gasteiger partial charge in [-0.05, 0) is 54.4 Å². The summed E-state index contributed by atoms with van der Waals surface area (Å²) < 4.78 is 29.7. The Hall–Kier alpha value is -3.81. The smallest absolute Gasteiger partial charge is 0.276 e. The Labute approximate surface area is 171 Å². The second kappa shape index (κ2) is 8.28. The Bertz CT molecular complexity index is 1140. The highest BCUT2D eigenvalue weighted by Crippen LogP contribution is 2.18. The zero-order chi connectivity index (χ0) is 21.1. The van der Waals surface area contributed by atoms with Crippen LogP contribution in [-0.2, 0) is 6.54 Å². The number of nitrogens with zero attached hydrogens (tertiary/aromatic N) is 4. The first-order chi connectivity index (χ1) is 14.5. The minimum absolute atomic E-state index is 0.155. The number of hydrogen-bond donors (Lipinski definition) is 1. The molecule has 30 heavy (non-hydrogen) atoms. The third-order valence-electron chi connectivity index (χ3n) is 4.74. The van der Waals surface area contributed by atoms with Gasteiger partial charge in [-0.2, -0.15) is 0 Å². The molecule has 0 aliphatic rings. The zero-order valence-corrected chi connectivity index (χ0v) is 16.2. The summed E-state index contributed by atoms with van der Waals surface area (Å²) in [6, 6.07) is 15.3. The molecule has 0 bridgehead atoms. The van der Waals surface area contributed by atoms with Crippen LogP contribution in [0.3, 0.4) is 0 Å². The van der Waals surface area contributed by atoms with E-state index in [4.69, 9.17) is 0 Å². The van der Waals surface area contributed by atoms with Crippen LogP contribution in [0.2, 0.25) is 0 Å². The molecule has 152 valence electrons. The quantitative estimate of drug-likeness (QED) is 0.528. The summed E-state index contributed by atoms with van der Waals surface area (Å²) in [7, 11) is 0. The maximum absolute atomic E-state index is 13.2. The van der Waals surface area contributed by atoms with Gasteiger partial charge < -0.3 is 9.88 Å². The van der Waals surface area contributed by atoms with E-state index < -0.39 is 5.91 Å². The van der Waals surface area contributed by atoms with Gasteiger partial charge in [0.05, 0.1) is 12.6 Å². The van der Waals surface area contributed by atoms with E-state index >= 15 is 0 Å². The fourth-order valence-corrected chi connectivity index (χ4v) is 3.16. The molecule has 0 spiro atoms. The maximum atomic E-state index is 13.2. The van der Waals surface area contributed by atoms with Crippen molar-refractivity contribution in [3.8, 4) is 5.82 Å². The number of carbonyl (C=O) groups is 1. The summed E-state index contributed by atoms with van der Waals surface area (Å²) in [6.45, 7) is 2.13. The Morgan fingerprint density at radius 3 is 2.23 bits per heavy atom. The number of amides is 1. The third-order valence-corrected chi connectivity index (χ3v) is 4.74. The van der Waals surface area contributed by atoms with E-state index in [1.54, 1.807) is 45.9 Å². The predicted molar refractivity (Wildman–Crippen MR) is 107 cm³/mol. The molecule has 0 saturated heterocycles. The molecule has 0 aliphatic heterocycles. The van der Waals surface area contributed by atoms with Crippen LogP contribution in [-0.4, -0.2) is 25.5 Å². The number of hydrogen-bond acceptors (Lipinski definition) is 3. The van der Waals surface area contributed by atoms with E-state index in [0.29, 0.717) is 12.4 Å². The lowest BCUT2D eigenvalue weighted by Crippen LogP contribution is -2.28. The molecule has 1 N–H and O–H groups in total. The average Bonchev–Trinajstić information content (AvgIpc) is 3.40. The van der Waals surface area contributed by atoms with E-state index in [2.05, 4.69) is 15.6 Å². The van der Waals surface area contributed by atoms with Gasteiger partial charge in [-0.3, -0.25) is 4.79 Å². The van der Waals surface area contributed by atoms with Crippen molar-refractivity contribution in [3.63, 3.8) is 0 Å². The van der Waals surface area contributed by atoms with Crippen LogP contribution in [0, 0.1) is 11.6 Å². The Balaban J connectivity index is 1.62. The standard InChI is InChI=1S/C22H19F2N5O/c1-15(17-6-10-19(24)11-7-17)25-21(30)20-22(28-12-2-3-13-28)29(27-26-20)14-16-4-8-18(23)9-5-16/h2-13,15H,14H2,1H3,(H,25,30)/t15-/m0/s1. The molecular formula is C22H19F2N5O. The molecule has 2 heterocycles. The fourth-order valence-electron chi connectivity index (χ4n) is 3.16. The highest BCUT2D eigenvalue weighted by Gasteiger charge is 2.23. The van der Waals surface area contributed by atoms with Crippen LogP contribution >= 0.6 is 0 Å². The second-order valence-electron chi connectivity index (χ2n) is 6.88. The Morgan fingerprint density at radius 1 is 1.00 bits per heavy atom. The van der Waals surface area contributed by atoms with Crippen molar-refractivity contribution in [3.05, 3.63) is 102 Å². The van der Waals surface area contributed by atoms with E-state index in [1.807, 2.05) is 19.1 Å². The van der Waals surface area contributed by atoms with Crippen LogP contribution in [0.5, 0.6) is 0 Å². The summed E-state index contributed by atoms with van der Waals surface area (Å²) in [6.07, 6.45) is 3.58. The molecule has 1 atom stereocenters. The SMILES string of the molecule is C[C@H](NC(=O)c1nnn(Cc2ccc(F)cc2)c1-n1cccc1)c1ccc(F)cc1. The molecule has 0 unspecified atom stereocenters. The molecule has 4 rings (SSSR count). The topological polar surface area (TPSA) is 64.7 Å². The van der Waals surface area contributed by atoms with Crippen LogP contribution < -0.4 is 5.32 Å². The lowest BCUT2D eigenvalue weighted by atomic mass is 10.1. The first kappa shape index (κ1) is 19.5. The zero-order valence-electron chi connectivity index (χ0n) is 16.2. The van der Waals surface area contributed by atoms with Crippen molar-refractivity contribution in [1.82, 2.24) is 24.9 Å². The molecule has 0 saturated carbocycles. The summed E-state index contributed by atoms with van der Waals surface area (Å²) in [5.41, 5.74) is 1.74. The van der Waals surface area contributed by atoms with Crippen LogP contribution in [0.15, 0.2) is 73.1 Å². The van der Waals surface area contributed by atoms with Gasteiger partial charge in [0, 0.05) is 12.4 Å². The molecule has 0 radical (unpaired) electrons. The highest BCUT2D eigenvalue weighted by atomic mass is 19.1. The normalized spacial score (nSPS) is 12.0. The van der Waals surface area contributed by atoms with Crippen molar-refractivity contribution in [2.45, 2.75) is 19.5 Å². The van der Waals surface area contributed by atoms with Gasteiger partial charge in [0.2, 0.25) is 0 Å². The molecule has 4 aromatic rings. The Morgan fingerprint density at radius 2 is 1.60 bits per heavy atom. The van der Waals surface area contributed by atoms with Crippen molar-refractivity contribution in [2.24, 2.45) is 0 Å². The summed E-state index contributed by atoms with van der Waals surface area (Å²) >= 11 is 0. The molecule has 0 aliphatic carbocycles. The summed E-state index contributed by atoms with van der Waals surface area (Å²) in [5, 5.41) is 11.1. The summed E-state index contributed by atoms with van der Waals surface area (Å²) in [4.78, 5) is 13.0. The monoisotopic (exact) mass is 407 g/mol. The van der Waals surface area contributed by atoms with Gasteiger partial charge in [-0.1, -0.05) is 29.5 Å². The number of rotatable bonds is 6. The molecule has 0 fully saturated rings. The van der Waals surface area contributed by atoms with Gasteiger partial charge in [0.15, 0.2) is 11.5 Å². The van der Waals surface area contributed by atoms with Crippen molar-refractivity contribution >= 4 is 5.91 Å². The lowest BCUT2D eigenvalue weighted by Gasteiger charge is -2.14. The van der Waals surface area contributed by atoms with E-state index in [1.165, 1.54) is 24.3 Å². The second-order valence-corrected chi connectivity index (χ2v) is 6.88. The number of benzene rings is 2. The molecular weight excluding hydrogens is 388 g/mol. The van der Waals surface area contributed by atoms with Crippen molar-refractivity contribution < 1.29 is 13.6 Å². The van der Waals surface area contributed by atoms with Gasteiger partial charge >= 0.3 is 0 Å². The molecule has 8 heteroatoms. The van der Waals surface area contributed by atoms with E-state index in [-0.39, 0.29) is 23.4 Å². The first-order valence-corrected chi connectivity index (χ1v) is 9.39. The van der Waals surface area contributed by atoms with E-state index in [9.17, 15) is 13.6 Å². The van der Waals surface area contributed by atoms with Gasteiger partial charge in [0.25, 0.3) is 5.91 Å². The number of nitrogens with one attached hydrogen (secondary N) is 1. The molecule has 2 aromatic carbocycles. The van der Waals surface area contributed by atoms with Crippen molar-refractivity contribution in [2.75, 3.05) is 0 Å². The van der Waals surface area contributed by atoms with Gasteiger partial charge in [-0.25, -0.2) is 13.5 Å². The van der Waals surface area contributed by atoms with Crippen LogP contribution in [0.1, 0.15) is 34.6 Å². The third kappa shape index (κ3) is 4.12. The van der Waals surface area contributed by atoms with Crippen LogP contribution in [0.4, 0.5) is 8.78 Å². The largest absolute Gasteiger partial charge is 0.344 e. The lowest BCUT2D eigenvalue weighted by molar-refractivity contribution is 0.0934. The predicted octanol–water partition coefficient (Wildman–Crippen LogP) is 3.89. The molecule has 2 aromatic heterocycles. The minimum atomic E-state index is -0.402. The maximum Gasteiger partial charge on any atom is 0.276 e. The molecule has 1 amide bonds.